The molecule has 2 rings (SSSR count). The smallest absolute Gasteiger partial charge is 0.329 e. The number of carbonyl (C=O) groups excluding carboxylic acids is 3. The van der Waals surface area contributed by atoms with Crippen LogP contribution in [0.5, 0.6) is 5.75 Å². The van der Waals surface area contributed by atoms with Crippen molar-refractivity contribution < 1.29 is 19.1 Å². The number of ether oxygens (including phenoxy) is 1. The number of hydrogen-bond acceptors (Lipinski definition) is 5. The van der Waals surface area contributed by atoms with Crippen LogP contribution >= 0.6 is 0 Å². The number of aryl methyl sites for hydroxylation is 1. The summed E-state index contributed by atoms with van der Waals surface area (Å²) >= 11 is 0. The van der Waals surface area contributed by atoms with Crippen molar-refractivity contribution in [3.63, 3.8) is 0 Å². The molecule has 31 heavy (non-hydrogen) atoms. The predicted molar refractivity (Wildman–Crippen MR) is 120 cm³/mol. The van der Waals surface area contributed by atoms with E-state index in [4.69, 9.17) is 4.74 Å². The average molecular weight is 425 g/mol. The van der Waals surface area contributed by atoms with Crippen LogP contribution in [0.15, 0.2) is 53.6 Å². The highest BCUT2D eigenvalue weighted by molar-refractivity contribution is 6.35. The van der Waals surface area contributed by atoms with Gasteiger partial charge in [-0.1, -0.05) is 32.4 Å². The molecule has 3 amide bonds. The van der Waals surface area contributed by atoms with Crippen molar-refractivity contribution >= 4 is 29.6 Å². The van der Waals surface area contributed by atoms with E-state index < -0.39 is 11.8 Å². The summed E-state index contributed by atoms with van der Waals surface area (Å²) in [7, 11) is 0. The number of hydrazone groups is 1. The van der Waals surface area contributed by atoms with Gasteiger partial charge in [0, 0.05) is 12.2 Å². The molecule has 0 unspecified atom stereocenters. The van der Waals surface area contributed by atoms with E-state index in [1.807, 2.05) is 31.2 Å². The van der Waals surface area contributed by atoms with E-state index in [2.05, 4.69) is 28.1 Å². The van der Waals surface area contributed by atoms with Crippen LogP contribution in [0, 0.1) is 0 Å². The van der Waals surface area contributed by atoms with Gasteiger partial charge in [0.25, 0.3) is 5.91 Å². The van der Waals surface area contributed by atoms with Crippen LogP contribution < -0.4 is 20.8 Å². The van der Waals surface area contributed by atoms with Crippen molar-refractivity contribution in [2.45, 2.75) is 33.1 Å². The molecule has 0 fully saturated rings. The Hall–Kier alpha value is -3.68. The Morgan fingerprint density at radius 1 is 0.968 bits per heavy atom. The highest BCUT2D eigenvalue weighted by Crippen LogP contribution is 2.12. The van der Waals surface area contributed by atoms with Gasteiger partial charge in [0.2, 0.25) is 0 Å². The summed E-state index contributed by atoms with van der Waals surface area (Å²) in [4.78, 5) is 35.1. The third-order valence-corrected chi connectivity index (χ3v) is 4.30. The molecule has 0 aliphatic carbocycles. The summed E-state index contributed by atoms with van der Waals surface area (Å²) in [5.74, 6) is -1.26. The number of amides is 3. The molecule has 0 aliphatic rings. The van der Waals surface area contributed by atoms with Crippen LogP contribution in [0.25, 0.3) is 0 Å². The Morgan fingerprint density at radius 3 is 2.32 bits per heavy atom. The third kappa shape index (κ3) is 8.69. The average Bonchev–Trinajstić information content (AvgIpc) is 2.79. The highest BCUT2D eigenvalue weighted by Gasteiger charge is 2.11. The van der Waals surface area contributed by atoms with Crippen LogP contribution in [-0.2, 0) is 20.8 Å². The first-order valence-corrected chi connectivity index (χ1v) is 10.2. The van der Waals surface area contributed by atoms with E-state index in [-0.39, 0.29) is 12.5 Å². The van der Waals surface area contributed by atoms with Crippen LogP contribution in [0.3, 0.4) is 0 Å². The maximum atomic E-state index is 12.0. The number of anilines is 1. The van der Waals surface area contributed by atoms with Gasteiger partial charge in [0.05, 0.1) is 6.21 Å². The number of rotatable bonds is 10. The van der Waals surface area contributed by atoms with E-state index in [1.165, 1.54) is 11.8 Å². The number of nitrogens with one attached hydrogen (secondary N) is 3. The summed E-state index contributed by atoms with van der Waals surface area (Å²) in [5.41, 5.74) is 4.79. The standard InChI is InChI=1S/C23H28N4O4/c1-3-5-14-24-22(29)23(30)27-25-15-18-8-12-20(13-9-18)31-16-21(28)26-19-10-6-17(4-2)7-11-19/h6-13,15H,3-5,14,16H2,1-2H3,(H,24,29)(H,26,28)(H,27,30)/b25-15-. The van der Waals surface area contributed by atoms with Gasteiger partial charge in [-0.2, -0.15) is 5.10 Å². The lowest BCUT2D eigenvalue weighted by Crippen LogP contribution is -2.38. The van der Waals surface area contributed by atoms with Crippen LogP contribution in [0.2, 0.25) is 0 Å². The second-order valence-corrected chi connectivity index (χ2v) is 6.76. The Balaban J connectivity index is 1.74. The van der Waals surface area contributed by atoms with Gasteiger partial charge >= 0.3 is 11.8 Å². The van der Waals surface area contributed by atoms with E-state index in [1.54, 1.807) is 24.3 Å². The molecular formula is C23H28N4O4. The molecule has 2 aromatic carbocycles. The predicted octanol–water partition coefficient (Wildman–Crippen LogP) is 2.63. The second kappa shape index (κ2) is 12.8. The van der Waals surface area contributed by atoms with Crippen molar-refractivity contribution in [3.8, 4) is 5.75 Å². The summed E-state index contributed by atoms with van der Waals surface area (Å²) in [6.07, 6.45) is 4.09. The van der Waals surface area contributed by atoms with Crippen molar-refractivity contribution in [2.75, 3.05) is 18.5 Å². The SMILES string of the molecule is CCCCNC(=O)C(=O)N/N=C\c1ccc(OCC(=O)Nc2ccc(CC)cc2)cc1. The van der Waals surface area contributed by atoms with Crippen LogP contribution in [0.4, 0.5) is 5.69 Å². The minimum absolute atomic E-state index is 0.119. The molecule has 0 aliphatic heterocycles. The van der Waals surface area contributed by atoms with E-state index in [9.17, 15) is 14.4 Å². The zero-order valence-corrected chi connectivity index (χ0v) is 17.8. The Bertz CT molecular complexity index is 893. The third-order valence-electron chi connectivity index (χ3n) is 4.30. The number of carbonyl (C=O) groups is 3. The Morgan fingerprint density at radius 2 is 1.68 bits per heavy atom. The van der Waals surface area contributed by atoms with Gasteiger partial charge in [-0.15, -0.1) is 0 Å². The fraction of sp³-hybridized carbons (Fsp3) is 0.304. The molecule has 0 atom stereocenters. The van der Waals surface area contributed by atoms with Gasteiger partial charge in [-0.3, -0.25) is 14.4 Å². The molecule has 0 saturated heterocycles. The Kier molecular flexibility index (Phi) is 9.74. The van der Waals surface area contributed by atoms with Crippen molar-refractivity contribution in [2.24, 2.45) is 5.10 Å². The second-order valence-electron chi connectivity index (χ2n) is 6.76. The van der Waals surface area contributed by atoms with Crippen molar-refractivity contribution in [3.05, 3.63) is 59.7 Å². The van der Waals surface area contributed by atoms with Gasteiger partial charge in [0.1, 0.15) is 5.75 Å². The fourth-order valence-electron chi connectivity index (χ4n) is 2.50. The van der Waals surface area contributed by atoms with Crippen molar-refractivity contribution in [1.29, 1.82) is 0 Å². The van der Waals surface area contributed by atoms with E-state index in [0.29, 0.717) is 17.9 Å². The fourth-order valence-corrected chi connectivity index (χ4v) is 2.50. The summed E-state index contributed by atoms with van der Waals surface area (Å²) < 4.78 is 5.48. The molecule has 2 aromatic rings. The summed E-state index contributed by atoms with van der Waals surface area (Å²) in [5, 5.41) is 9.05. The molecule has 0 bridgehead atoms. The van der Waals surface area contributed by atoms with Gasteiger partial charge < -0.3 is 15.4 Å². The van der Waals surface area contributed by atoms with Gasteiger partial charge in [-0.25, -0.2) is 5.43 Å². The summed E-state index contributed by atoms with van der Waals surface area (Å²) in [6, 6.07) is 14.5. The monoisotopic (exact) mass is 424 g/mol. The van der Waals surface area contributed by atoms with E-state index in [0.717, 1.165) is 24.9 Å². The quantitative estimate of drug-likeness (QED) is 0.236. The lowest BCUT2D eigenvalue weighted by atomic mass is 10.1. The molecule has 3 N–H and O–H groups in total. The summed E-state index contributed by atoms with van der Waals surface area (Å²) in [6.45, 7) is 4.40. The van der Waals surface area contributed by atoms with Crippen LogP contribution in [0.1, 0.15) is 37.8 Å². The van der Waals surface area contributed by atoms with Gasteiger partial charge in [0.15, 0.2) is 6.61 Å². The number of hydrogen-bond donors (Lipinski definition) is 3. The minimum atomic E-state index is -0.817. The molecule has 0 saturated carbocycles. The first-order chi connectivity index (χ1) is 15.0. The maximum absolute atomic E-state index is 12.0. The molecule has 0 aromatic heterocycles. The molecule has 8 heteroatoms. The molecule has 8 nitrogen and oxygen atoms in total. The first-order valence-electron chi connectivity index (χ1n) is 10.2. The molecule has 0 heterocycles. The lowest BCUT2D eigenvalue weighted by molar-refractivity contribution is -0.139. The molecule has 0 spiro atoms. The molecule has 164 valence electrons. The lowest BCUT2D eigenvalue weighted by Gasteiger charge is -2.08. The highest BCUT2D eigenvalue weighted by atomic mass is 16.5. The largest absolute Gasteiger partial charge is 0.484 e. The van der Waals surface area contributed by atoms with Crippen LogP contribution in [-0.4, -0.2) is 37.1 Å². The normalized spacial score (nSPS) is 10.5. The number of nitrogens with zero attached hydrogens (tertiary/aromatic N) is 1. The minimum Gasteiger partial charge on any atom is -0.484 e. The maximum Gasteiger partial charge on any atom is 0.329 e. The first kappa shape index (κ1) is 23.6. The molecule has 0 radical (unpaired) electrons. The van der Waals surface area contributed by atoms with Crippen molar-refractivity contribution in [1.82, 2.24) is 10.7 Å². The van der Waals surface area contributed by atoms with Gasteiger partial charge in [-0.05, 0) is 60.4 Å². The Labute approximate surface area is 182 Å². The number of unbranched alkanes of at least 4 members (excludes halogenated alkanes) is 1. The molecular weight excluding hydrogens is 396 g/mol. The zero-order chi connectivity index (χ0) is 22.5. The number of benzene rings is 2. The topological polar surface area (TPSA) is 109 Å². The zero-order valence-electron chi connectivity index (χ0n) is 17.8. The van der Waals surface area contributed by atoms with E-state index >= 15 is 0 Å².